The smallest absolute Gasteiger partial charge is 0.344 e. The summed E-state index contributed by atoms with van der Waals surface area (Å²) in [6.45, 7) is 0.170. The molecule has 2 heterocycles. The van der Waals surface area contributed by atoms with Crippen molar-refractivity contribution in [3.63, 3.8) is 0 Å². The van der Waals surface area contributed by atoms with Gasteiger partial charge in [0.1, 0.15) is 11.1 Å². The molecule has 27 heavy (non-hydrogen) atoms. The Balaban J connectivity index is 1.61. The Labute approximate surface area is 155 Å². The number of hydrogen-bond donors (Lipinski definition) is 2. The molecule has 142 valence electrons. The molecule has 2 N–H and O–H groups in total. The normalized spacial score (nSPS) is 18.9. The van der Waals surface area contributed by atoms with Crippen LogP contribution in [0.25, 0.3) is 11.0 Å². The summed E-state index contributed by atoms with van der Waals surface area (Å²) in [6, 6.07) is 6.60. The number of fused-ring (bicyclic) bond motifs is 1. The first-order chi connectivity index (χ1) is 13.1. The monoisotopic (exact) mass is 371 g/mol. The van der Waals surface area contributed by atoms with Crippen LogP contribution in [0.15, 0.2) is 28.7 Å². The maximum absolute atomic E-state index is 12.8. The standard InChI is InChI=1S/C19H21N3O5/c1-26-11-13-12-7-3-4-8-14(12)27-15(13)16(23)21-22-17(24)19(20-18(22)25)9-5-2-6-10-19/h3-4,7-8H,2,5-6,9-11H2,1H3,(H,20,25)(H,21,23). The Hall–Kier alpha value is -2.87. The third kappa shape index (κ3) is 2.86. The number of amides is 4. The van der Waals surface area contributed by atoms with Crippen molar-refractivity contribution in [3.8, 4) is 0 Å². The molecule has 1 spiro atoms. The van der Waals surface area contributed by atoms with E-state index in [1.54, 1.807) is 12.1 Å². The number of nitrogens with one attached hydrogen (secondary N) is 2. The number of hydrogen-bond acceptors (Lipinski definition) is 5. The first kappa shape index (κ1) is 17.5. The molecule has 8 nitrogen and oxygen atoms in total. The van der Waals surface area contributed by atoms with E-state index in [2.05, 4.69) is 10.7 Å². The largest absolute Gasteiger partial charge is 0.450 e. The Kier molecular flexibility index (Phi) is 4.35. The minimum absolute atomic E-state index is 0.0308. The summed E-state index contributed by atoms with van der Waals surface area (Å²) in [5, 5.41) is 4.29. The molecule has 1 aromatic heterocycles. The quantitative estimate of drug-likeness (QED) is 0.804. The van der Waals surface area contributed by atoms with Gasteiger partial charge in [0.2, 0.25) is 0 Å². The molecular formula is C19H21N3O5. The summed E-state index contributed by atoms with van der Waals surface area (Å²) in [5.41, 5.74) is 2.62. The SMILES string of the molecule is COCc1c(C(=O)NN2C(=O)NC3(CCCCC3)C2=O)oc2ccccc12. The molecule has 2 aromatic rings. The minimum atomic E-state index is -0.897. The average molecular weight is 371 g/mol. The number of imide groups is 1. The summed E-state index contributed by atoms with van der Waals surface area (Å²) in [7, 11) is 1.52. The lowest BCUT2D eigenvalue weighted by atomic mass is 9.82. The summed E-state index contributed by atoms with van der Waals surface area (Å²) in [4.78, 5) is 37.9. The third-order valence-corrected chi connectivity index (χ3v) is 5.28. The van der Waals surface area contributed by atoms with Gasteiger partial charge in [0.15, 0.2) is 5.76 Å². The Bertz CT molecular complexity index is 913. The number of furan rings is 1. The zero-order valence-electron chi connectivity index (χ0n) is 15.0. The second-order valence-corrected chi connectivity index (χ2v) is 6.99. The molecule has 1 aliphatic heterocycles. The van der Waals surface area contributed by atoms with Crippen LogP contribution in [0.1, 0.15) is 48.2 Å². The molecule has 0 atom stereocenters. The van der Waals surface area contributed by atoms with Crippen molar-refractivity contribution in [2.45, 2.75) is 44.2 Å². The van der Waals surface area contributed by atoms with Crippen LogP contribution in [-0.4, -0.2) is 35.5 Å². The zero-order chi connectivity index (χ0) is 19.0. The predicted octanol–water partition coefficient (Wildman–Crippen LogP) is 2.48. The summed E-state index contributed by atoms with van der Waals surface area (Å²) in [5.74, 6) is -1.04. The molecule has 2 aliphatic rings. The molecular weight excluding hydrogens is 350 g/mol. The lowest BCUT2D eigenvalue weighted by Crippen LogP contribution is -2.51. The number of carbonyl (C=O) groups is 3. The van der Waals surface area contributed by atoms with Gasteiger partial charge in [-0.05, 0) is 18.9 Å². The van der Waals surface area contributed by atoms with Gasteiger partial charge in [-0.2, -0.15) is 5.01 Å². The molecule has 0 unspecified atom stereocenters. The van der Waals surface area contributed by atoms with E-state index in [1.807, 2.05) is 12.1 Å². The first-order valence-electron chi connectivity index (χ1n) is 9.03. The molecule has 4 amide bonds. The van der Waals surface area contributed by atoms with Crippen molar-refractivity contribution in [2.75, 3.05) is 7.11 Å². The van der Waals surface area contributed by atoms with Gasteiger partial charge >= 0.3 is 11.9 Å². The molecule has 1 saturated carbocycles. The van der Waals surface area contributed by atoms with E-state index in [0.717, 1.165) is 29.7 Å². The van der Waals surface area contributed by atoms with Gasteiger partial charge in [-0.3, -0.25) is 9.59 Å². The van der Waals surface area contributed by atoms with Gasteiger partial charge in [0.25, 0.3) is 5.91 Å². The lowest BCUT2D eigenvalue weighted by Gasteiger charge is -2.30. The van der Waals surface area contributed by atoms with E-state index in [9.17, 15) is 14.4 Å². The number of hydrazine groups is 1. The van der Waals surface area contributed by atoms with Crippen LogP contribution in [0.3, 0.4) is 0 Å². The maximum atomic E-state index is 12.8. The van der Waals surface area contributed by atoms with Crippen molar-refractivity contribution in [2.24, 2.45) is 0 Å². The highest BCUT2D eigenvalue weighted by Gasteiger charge is 2.52. The van der Waals surface area contributed by atoms with E-state index in [4.69, 9.17) is 9.15 Å². The number of urea groups is 1. The molecule has 0 radical (unpaired) electrons. The van der Waals surface area contributed by atoms with Crippen LogP contribution < -0.4 is 10.7 Å². The molecule has 2 fully saturated rings. The van der Waals surface area contributed by atoms with Crippen LogP contribution in [0.2, 0.25) is 0 Å². The van der Waals surface area contributed by atoms with Crippen molar-refractivity contribution >= 4 is 28.8 Å². The van der Waals surface area contributed by atoms with Gasteiger partial charge in [0, 0.05) is 18.1 Å². The molecule has 0 bridgehead atoms. The van der Waals surface area contributed by atoms with Gasteiger partial charge in [-0.15, -0.1) is 0 Å². The average Bonchev–Trinajstić information content (AvgIpc) is 3.14. The Morgan fingerprint density at radius 3 is 2.74 bits per heavy atom. The summed E-state index contributed by atoms with van der Waals surface area (Å²) >= 11 is 0. The van der Waals surface area contributed by atoms with E-state index in [-0.39, 0.29) is 12.4 Å². The first-order valence-corrected chi connectivity index (χ1v) is 9.03. The number of nitrogens with zero attached hydrogens (tertiary/aromatic N) is 1. The van der Waals surface area contributed by atoms with Crippen LogP contribution >= 0.6 is 0 Å². The number of methoxy groups -OCH3 is 1. The lowest BCUT2D eigenvalue weighted by molar-refractivity contribution is -0.134. The highest BCUT2D eigenvalue weighted by Crippen LogP contribution is 2.33. The van der Waals surface area contributed by atoms with E-state index in [1.165, 1.54) is 7.11 Å². The second-order valence-electron chi connectivity index (χ2n) is 6.99. The number of para-hydroxylation sites is 1. The molecule has 4 rings (SSSR count). The van der Waals surface area contributed by atoms with Crippen LogP contribution in [0.4, 0.5) is 4.79 Å². The summed E-state index contributed by atoms with van der Waals surface area (Å²) < 4.78 is 10.9. The summed E-state index contributed by atoms with van der Waals surface area (Å²) in [6.07, 6.45) is 3.95. The van der Waals surface area contributed by atoms with Crippen molar-refractivity contribution < 1.29 is 23.5 Å². The number of carbonyl (C=O) groups excluding carboxylic acids is 3. The van der Waals surface area contributed by atoms with E-state index < -0.39 is 23.4 Å². The van der Waals surface area contributed by atoms with E-state index >= 15 is 0 Å². The van der Waals surface area contributed by atoms with Crippen molar-refractivity contribution in [1.82, 2.24) is 15.8 Å². The Morgan fingerprint density at radius 2 is 2.00 bits per heavy atom. The molecule has 1 aromatic carbocycles. The molecule has 1 aliphatic carbocycles. The van der Waals surface area contributed by atoms with Crippen molar-refractivity contribution in [3.05, 3.63) is 35.6 Å². The van der Waals surface area contributed by atoms with Crippen LogP contribution in [-0.2, 0) is 16.1 Å². The van der Waals surface area contributed by atoms with E-state index in [0.29, 0.717) is 24.0 Å². The maximum Gasteiger partial charge on any atom is 0.344 e. The number of ether oxygens (including phenoxy) is 1. The predicted molar refractivity (Wildman–Crippen MR) is 95.6 cm³/mol. The fourth-order valence-corrected chi connectivity index (χ4v) is 3.94. The topological polar surface area (TPSA) is 101 Å². The zero-order valence-corrected chi connectivity index (χ0v) is 15.0. The van der Waals surface area contributed by atoms with Gasteiger partial charge < -0.3 is 14.5 Å². The molecule has 1 saturated heterocycles. The third-order valence-electron chi connectivity index (χ3n) is 5.28. The number of benzene rings is 1. The Morgan fingerprint density at radius 1 is 1.26 bits per heavy atom. The second kappa shape index (κ2) is 6.70. The fraction of sp³-hybridized carbons (Fsp3) is 0.421. The van der Waals surface area contributed by atoms with Gasteiger partial charge in [-0.25, -0.2) is 10.2 Å². The minimum Gasteiger partial charge on any atom is -0.450 e. The number of rotatable bonds is 4. The van der Waals surface area contributed by atoms with Gasteiger partial charge in [0.05, 0.1) is 6.61 Å². The van der Waals surface area contributed by atoms with Crippen LogP contribution in [0.5, 0.6) is 0 Å². The van der Waals surface area contributed by atoms with Gasteiger partial charge in [-0.1, -0.05) is 37.5 Å². The van der Waals surface area contributed by atoms with Crippen LogP contribution in [0, 0.1) is 0 Å². The highest BCUT2D eigenvalue weighted by atomic mass is 16.5. The highest BCUT2D eigenvalue weighted by molar-refractivity contribution is 6.09. The van der Waals surface area contributed by atoms with Crippen molar-refractivity contribution in [1.29, 1.82) is 0 Å². The molecule has 8 heteroatoms. The fourth-order valence-electron chi connectivity index (χ4n) is 3.94.